The van der Waals surface area contributed by atoms with Crippen molar-refractivity contribution < 1.29 is 23.8 Å². The topological polar surface area (TPSA) is 106 Å². The van der Waals surface area contributed by atoms with E-state index in [0.717, 1.165) is 6.20 Å². The molecule has 0 spiro atoms. The molecule has 0 amide bonds. The molecule has 1 aliphatic heterocycles. The minimum atomic E-state index is -1.49. The second kappa shape index (κ2) is 4.79. The molecule has 4 rings (SSSR count). The average Bonchev–Trinajstić information content (AvgIpc) is 2.55. The number of fused-ring (bicyclic) bond motifs is 2. The summed E-state index contributed by atoms with van der Waals surface area (Å²) in [6.45, 7) is 0. The summed E-state index contributed by atoms with van der Waals surface area (Å²) >= 11 is 0. The standard InChI is InChI=1S/C17H10F2N2O4/c18-10-3-8-15-7(14(10)19)1-6-2-11(20)13(22)4-12(6)21(15)5-9(16(8)23)17(24)25/h2-5,22H,1,20H2,(H,24,25). The molecule has 4 N–H and O–H groups in total. The number of carboxylic acids is 1. The van der Waals surface area contributed by atoms with Crippen LogP contribution in [0.1, 0.15) is 21.5 Å². The summed E-state index contributed by atoms with van der Waals surface area (Å²) < 4.78 is 29.5. The number of aromatic carboxylic acids is 1. The predicted molar refractivity (Wildman–Crippen MR) is 85.3 cm³/mol. The first-order valence-electron chi connectivity index (χ1n) is 7.21. The van der Waals surface area contributed by atoms with Gasteiger partial charge in [0.1, 0.15) is 11.3 Å². The smallest absolute Gasteiger partial charge is 0.341 e. The Kier molecular flexibility index (Phi) is 2.90. The number of nitrogens with two attached hydrogens (primary N) is 1. The fourth-order valence-corrected chi connectivity index (χ4v) is 3.22. The Labute approximate surface area is 138 Å². The van der Waals surface area contributed by atoms with E-state index in [1.54, 1.807) is 0 Å². The van der Waals surface area contributed by atoms with Crippen LogP contribution in [0.3, 0.4) is 0 Å². The van der Waals surface area contributed by atoms with E-state index in [0.29, 0.717) is 17.3 Å². The third-order valence-corrected chi connectivity index (χ3v) is 4.36. The summed E-state index contributed by atoms with van der Waals surface area (Å²) in [6.07, 6.45) is 0.993. The molecule has 25 heavy (non-hydrogen) atoms. The molecule has 1 aromatic heterocycles. The largest absolute Gasteiger partial charge is 0.506 e. The van der Waals surface area contributed by atoms with Gasteiger partial charge in [0.2, 0.25) is 5.43 Å². The Morgan fingerprint density at radius 2 is 1.96 bits per heavy atom. The third kappa shape index (κ3) is 1.94. The number of hydrogen-bond acceptors (Lipinski definition) is 4. The van der Waals surface area contributed by atoms with Crippen LogP contribution in [-0.4, -0.2) is 20.7 Å². The second-order valence-corrected chi connectivity index (χ2v) is 5.81. The van der Waals surface area contributed by atoms with Crippen LogP contribution in [-0.2, 0) is 6.42 Å². The van der Waals surface area contributed by atoms with Crippen molar-refractivity contribution in [2.45, 2.75) is 6.42 Å². The zero-order chi connectivity index (χ0) is 18.0. The highest BCUT2D eigenvalue weighted by atomic mass is 19.2. The lowest BCUT2D eigenvalue weighted by atomic mass is 9.94. The highest BCUT2D eigenvalue weighted by Crippen LogP contribution is 2.37. The summed E-state index contributed by atoms with van der Waals surface area (Å²) in [6, 6.07) is 3.40. The van der Waals surface area contributed by atoms with Gasteiger partial charge in [-0.2, -0.15) is 0 Å². The van der Waals surface area contributed by atoms with E-state index in [2.05, 4.69) is 0 Å². The predicted octanol–water partition coefficient (Wildman–Crippen LogP) is 2.16. The maximum absolute atomic E-state index is 14.3. The van der Waals surface area contributed by atoms with Gasteiger partial charge in [0.25, 0.3) is 0 Å². The van der Waals surface area contributed by atoms with Crippen LogP contribution in [0.4, 0.5) is 14.5 Å². The fourth-order valence-electron chi connectivity index (χ4n) is 3.22. The number of hydrogen-bond donors (Lipinski definition) is 3. The molecule has 0 bridgehead atoms. The molecule has 0 saturated carbocycles. The number of halogens is 2. The molecule has 0 radical (unpaired) electrons. The molecule has 8 heteroatoms. The molecule has 2 heterocycles. The van der Waals surface area contributed by atoms with Crippen molar-refractivity contribution in [1.29, 1.82) is 0 Å². The van der Waals surface area contributed by atoms with Crippen LogP contribution in [0.15, 0.2) is 29.2 Å². The molecule has 0 saturated heterocycles. The molecular weight excluding hydrogens is 334 g/mol. The Balaban J connectivity index is 2.26. The number of phenols is 1. The number of nitrogen functional groups attached to an aromatic ring is 1. The van der Waals surface area contributed by atoms with Gasteiger partial charge >= 0.3 is 5.97 Å². The lowest BCUT2D eigenvalue weighted by molar-refractivity contribution is 0.0695. The van der Waals surface area contributed by atoms with Gasteiger partial charge < -0.3 is 20.5 Å². The van der Waals surface area contributed by atoms with E-state index in [1.807, 2.05) is 0 Å². The van der Waals surface area contributed by atoms with Crippen molar-refractivity contribution in [2.75, 3.05) is 5.73 Å². The number of aromatic hydroxyl groups is 1. The van der Waals surface area contributed by atoms with Crippen LogP contribution < -0.4 is 11.2 Å². The number of pyridine rings is 1. The number of phenolic OH excluding ortho intramolecular Hbond substituents is 1. The van der Waals surface area contributed by atoms with E-state index in [4.69, 9.17) is 5.73 Å². The van der Waals surface area contributed by atoms with Gasteiger partial charge in [-0.15, -0.1) is 0 Å². The highest BCUT2D eigenvalue weighted by Gasteiger charge is 2.27. The number of benzene rings is 2. The number of nitrogens with zero attached hydrogens (tertiary/aromatic N) is 1. The zero-order valence-corrected chi connectivity index (χ0v) is 12.5. The maximum atomic E-state index is 14.3. The Bertz CT molecular complexity index is 1170. The van der Waals surface area contributed by atoms with Gasteiger partial charge in [-0.3, -0.25) is 4.79 Å². The van der Waals surface area contributed by atoms with Gasteiger partial charge in [0.05, 0.1) is 22.3 Å². The summed E-state index contributed by atoms with van der Waals surface area (Å²) in [7, 11) is 0. The zero-order valence-electron chi connectivity index (χ0n) is 12.5. The summed E-state index contributed by atoms with van der Waals surface area (Å²) in [5, 5.41) is 18.9. The molecule has 0 aliphatic carbocycles. The van der Waals surface area contributed by atoms with Crippen LogP contribution in [0.25, 0.3) is 16.6 Å². The van der Waals surface area contributed by atoms with Crippen molar-refractivity contribution in [1.82, 2.24) is 4.57 Å². The van der Waals surface area contributed by atoms with E-state index in [1.165, 1.54) is 16.7 Å². The highest BCUT2D eigenvalue weighted by molar-refractivity contribution is 5.95. The Morgan fingerprint density at radius 1 is 1.24 bits per heavy atom. The molecule has 0 fully saturated rings. The molecule has 0 unspecified atom stereocenters. The lowest BCUT2D eigenvalue weighted by Crippen LogP contribution is -2.22. The number of carbonyl (C=O) groups is 1. The maximum Gasteiger partial charge on any atom is 0.341 e. The Morgan fingerprint density at radius 3 is 2.64 bits per heavy atom. The van der Waals surface area contributed by atoms with Gasteiger partial charge in [-0.05, 0) is 17.7 Å². The van der Waals surface area contributed by atoms with E-state index < -0.39 is 28.6 Å². The molecular formula is C17H10F2N2O4. The first kappa shape index (κ1) is 15.1. The van der Waals surface area contributed by atoms with Gasteiger partial charge in [0.15, 0.2) is 11.6 Å². The quantitative estimate of drug-likeness (QED) is 0.362. The third-order valence-electron chi connectivity index (χ3n) is 4.36. The monoisotopic (exact) mass is 344 g/mol. The van der Waals surface area contributed by atoms with Crippen molar-refractivity contribution in [3.05, 3.63) is 62.9 Å². The van der Waals surface area contributed by atoms with Crippen molar-refractivity contribution >= 4 is 22.6 Å². The molecule has 2 aromatic carbocycles. The number of carboxylic acid groups (broad SMARTS) is 1. The number of aromatic nitrogens is 1. The van der Waals surface area contributed by atoms with E-state index >= 15 is 0 Å². The normalized spacial score (nSPS) is 12.2. The van der Waals surface area contributed by atoms with Crippen molar-refractivity contribution in [3.8, 4) is 11.4 Å². The summed E-state index contributed by atoms with van der Waals surface area (Å²) in [4.78, 5) is 23.7. The molecule has 1 aliphatic rings. The molecule has 3 aromatic rings. The summed E-state index contributed by atoms with van der Waals surface area (Å²) in [5.74, 6) is -4.08. The second-order valence-electron chi connectivity index (χ2n) is 5.81. The Hall–Kier alpha value is -3.42. The molecule has 6 nitrogen and oxygen atoms in total. The first-order valence-corrected chi connectivity index (χ1v) is 7.21. The number of rotatable bonds is 1. The molecule has 0 atom stereocenters. The van der Waals surface area contributed by atoms with Gasteiger partial charge in [-0.1, -0.05) is 0 Å². The fraction of sp³-hybridized carbons (Fsp3) is 0.0588. The average molecular weight is 344 g/mol. The van der Waals surface area contributed by atoms with Crippen LogP contribution in [0.5, 0.6) is 5.75 Å². The van der Waals surface area contributed by atoms with Crippen LogP contribution >= 0.6 is 0 Å². The lowest BCUT2D eigenvalue weighted by Gasteiger charge is -2.24. The summed E-state index contributed by atoms with van der Waals surface area (Å²) in [5.41, 5.74) is 5.04. The first-order chi connectivity index (χ1) is 11.8. The number of anilines is 1. The van der Waals surface area contributed by atoms with E-state index in [-0.39, 0.29) is 34.3 Å². The van der Waals surface area contributed by atoms with Crippen LogP contribution in [0, 0.1) is 11.6 Å². The van der Waals surface area contributed by atoms with Crippen LogP contribution in [0.2, 0.25) is 0 Å². The minimum Gasteiger partial charge on any atom is -0.506 e. The van der Waals surface area contributed by atoms with Gasteiger partial charge in [0, 0.05) is 24.2 Å². The molecule has 126 valence electrons. The van der Waals surface area contributed by atoms with Crippen molar-refractivity contribution in [2.24, 2.45) is 0 Å². The SMILES string of the molecule is Nc1cc2c(cc1O)-n1cc(C(=O)O)c(=O)c3cc(F)c(F)c(c31)C2. The minimum absolute atomic E-state index is 0.0498. The van der Waals surface area contributed by atoms with E-state index in [9.17, 15) is 28.6 Å². The van der Waals surface area contributed by atoms with Gasteiger partial charge in [-0.25, -0.2) is 13.6 Å². The van der Waals surface area contributed by atoms with Crippen molar-refractivity contribution in [3.63, 3.8) is 0 Å².